The molecule has 0 radical (unpaired) electrons. The van der Waals surface area contributed by atoms with Crippen LogP contribution in [-0.4, -0.2) is 5.78 Å². The molecule has 2 N–H and O–H groups in total. The van der Waals surface area contributed by atoms with Gasteiger partial charge >= 0.3 is 0 Å². The number of Topliss-reactive ketones (excluding diaryl/α,β-unsaturated/α-hetero) is 1. The summed E-state index contributed by atoms with van der Waals surface area (Å²) in [7, 11) is 0. The second-order valence-electron chi connectivity index (χ2n) is 3.98. The Morgan fingerprint density at radius 3 is 2.39 bits per heavy atom. The summed E-state index contributed by atoms with van der Waals surface area (Å²) in [5.74, 6) is 0.00317. The van der Waals surface area contributed by atoms with Crippen LogP contribution in [0.15, 0.2) is 40.9 Å². The average molecular weight is 325 g/mol. The predicted octanol–water partition coefficient (Wildman–Crippen LogP) is 4.55. The molecule has 0 atom stereocenters. The SMILES string of the molecule is CC(=O)c1ccc(-c2ccc(Cl)cc2Br)c(N)c1. The second kappa shape index (κ2) is 5.12. The maximum atomic E-state index is 11.3. The first-order chi connectivity index (χ1) is 8.49. The average Bonchev–Trinajstić information content (AvgIpc) is 2.30. The van der Waals surface area contributed by atoms with E-state index >= 15 is 0 Å². The van der Waals surface area contributed by atoms with Crippen LogP contribution in [0.3, 0.4) is 0 Å². The summed E-state index contributed by atoms with van der Waals surface area (Å²) < 4.78 is 0.872. The lowest BCUT2D eigenvalue weighted by atomic mass is 10.0. The van der Waals surface area contributed by atoms with Crippen molar-refractivity contribution < 1.29 is 4.79 Å². The quantitative estimate of drug-likeness (QED) is 0.650. The van der Waals surface area contributed by atoms with Gasteiger partial charge in [0.15, 0.2) is 5.78 Å². The molecule has 2 nitrogen and oxygen atoms in total. The zero-order chi connectivity index (χ0) is 13.3. The minimum atomic E-state index is 0.00317. The van der Waals surface area contributed by atoms with Gasteiger partial charge in [0.2, 0.25) is 0 Å². The molecule has 0 heterocycles. The third kappa shape index (κ3) is 2.57. The van der Waals surface area contributed by atoms with Crippen molar-refractivity contribution in [3.05, 3.63) is 51.5 Å². The Balaban J connectivity index is 2.54. The van der Waals surface area contributed by atoms with Crippen LogP contribution in [0.4, 0.5) is 5.69 Å². The van der Waals surface area contributed by atoms with E-state index in [1.807, 2.05) is 18.2 Å². The first-order valence-corrected chi connectivity index (χ1v) is 6.52. The molecule has 4 heteroatoms. The number of anilines is 1. The van der Waals surface area contributed by atoms with Crippen LogP contribution in [0.2, 0.25) is 5.02 Å². The fourth-order valence-corrected chi connectivity index (χ4v) is 2.63. The highest BCUT2D eigenvalue weighted by Crippen LogP contribution is 2.34. The summed E-state index contributed by atoms with van der Waals surface area (Å²) in [6, 6.07) is 10.8. The van der Waals surface area contributed by atoms with Crippen molar-refractivity contribution in [3.8, 4) is 11.1 Å². The van der Waals surface area contributed by atoms with E-state index in [4.69, 9.17) is 17.3 Å². The lowest BCUT2D eigenvalue weighted by Gasteiger charge is -2.09. The Labute approximate surface area is 119 Å². The van der Waals surface area contributed by atoms with Crippen LogP contribution < -0.4 is 5.73 Å². The van der Waals surface area contributed by atoms with Crippen LogP contribution in [0.1, 0.15) is 17.3 Å². The number of nitrogen functional groups attached to an aromatic ring is 1. The van der Waals surface area contributed by atoms with Gasteiger partial charge in [-0.05, 0) is 30.7 Å². The van der Waals surface area contributed by atoms with E-state index in [0.717, 1.165) is 15.6 Å². The van der Waals surface area contributed by atoms with Crippen LogP contribution >= 0.6 is 27.5 Å². The lowest BCUT2D eigenvalue weighted by molar-refractivity contribution is 0.101. The maximum Gasteiger partial charge on any atom is 0.159 e. The summed E-state index contributed by atoms with van der Waals surface area (Å²) in [6.07, 6.45) is 0. The van der Waals surface area contributed by atoms with Gasteiger partial charge in [0.1, 0.15) is 0 Å². The summed E-state index contributed by atoms with van der Waals surface area (Å²) in [4.78, 5) is 11.3. The van der Waals surface area contributed by atoms with Gasteiger partial charge in [-0.2, -0.15) is 0 Å². The highest BCUT2D eigenvalue weighted by Gasteiger charge is 2.09. The van der Waals surface area contributed by atoms with Gasteiger partial charge in [0.05, 0.1) is 0 Å². The molecule has 0 spiro atoms. The van der Waals surface area contributed by atoms with Crippen molar-refractivity contribution in [2.75, 3.05) is 5.73 Å². The molecule has 0 saturated carbocycles. The normalized spacial score (nSPS) is 10.4. The zero-order valence-corrected chi connectivity index (χ0v) is 12.0. The topological polar surface area (TPSA) is 43.1 Å². The van der Waals surface area contributed by atoms with Gasteiger partial charge in [-0.1, -0.05) is 45.7 Å². The van der Waals surface area contributed by atoms with E-state index in [1.54, 1.807) is 18.2 Å². The molecule has 0 aliphatic carbocycles. The fraction of sp³-hybridized carbons (Fsp3) is 0.0714. The van der Waals surface area contributed by atoms with Crippen molar-refractivity contribution in [2.45, 2.75) is 6.92 Å². The highest BCUT2D eigenvalue weighted by molar-refractivity contribution is 9.10. The molecule has 0 saturated heterocycles. The molecule has 0 fully saturated rings. The lowest BCUT2D eigenvalue weighted by Crippen LogP contribution is -1.97. The van der Waals surface area contributed by atoms with Crippen molar-refractivity contribution in [2.24, 2.45) is 0 Å². The second-order valence-corrected chi connectivity index (χ2v) is 5.27. The molecular formula is C14H11BrClNO. The summed E-state index contributed by atoms with van der Waals surface area (Å²) >= 11 is 9.36. The first kappa shape index (κ1) is 13.1. The Kier molecular flexibility index (Phi) is 3.73. The number of hydrogen-bond donors (Lipinski definition) is 1. The number of benzene rings is 2. The molecule has 2 aromatic rings. The van der Waals surface area contributed by atoms with Crippen LogP contribution in [-0.2, 0) is 0 Å². The Morgan fingerprint density at radius 2 is 1.83 bits per heavy atom. The molecule has 2 aromatic carbocycles. The largest absolute Gasteiger partial charge is 0.398 e. The van der Waals surface area contributed by atoms with E-state index in [-0.39, 0.29) is 5.78 Å². The van der Waals surface area contributed by atoms with Gasteiger partial charge in [0, 0.05) is 26.3 Å². The fourth-order valence-electron chi connectivity index (χ4n) is 1.73. The molecule has 92 valence electrons. The molecule has 0 aliphatic heterocycles. The number of halogens is 2. The van der Waals surface area contributed by atoms with E-state index in [9.17, 15) is 4.79 Å². The summed E-state index contributed by atoms with van der Waals surface area (Å²) in [6.45, 7) is 1.52. The summed E-state index contributed by atoms with van der Waals surface area (Å²) in [5, 5.41) is 0.657. The van der Waals surface area contributed by atoms with Gasteiger partial charge in [0.25, 0.3) is 0 Å². The molecule has 0 bridgehead atoms. The van der Waals surface area contributed by atoms with Gasteiger partial charge < -0.3 is 5.73 Å². The smallest absolute Gasteiger partial charge is 0.159 e. The monoisotopic (exact) mass is 323 g/mol. The molecule has 0 aromatic heterocycles. The first-order valence-electron chi connectivity index (χ1n) is 5.35. The van der Waals surface area contributed by atoms with Gasteiger partial charge in [-0.3, -0.25) is 4.79 Å². The van der Waals surface area contributed by atoms with E-state index in [0.29, 0.717) is 16.3 Å². The number of carbonyl (C=O) groups excluding carboxylic acids is 1. The van der Waals surface area contributed by atoms with Gasteiger partial charge in [-0.25, -0.2) is 0 Å². The van der Waals surface area contributed by atoms with Crippen molar-refractivity contribution in [1.82, 2.24) is 0 Å². The number of nitrogens with two attached hydrogens (primary N) is 1. The number of rotatable bonds is 2. The molecule has 0 unspecified atom stereocenters. The number of hydrogen-bond acceptors (Lipinski definition) is 2. The third-order valence-corrected chi connectivity index (χ3v) is 3.57. The van der Waals surface area contributed by atoms with Crippen molar-refractivity contribution in [1.29, 1.82) is 0 Å². The van der Waals surface area contributed by atoms with E-state index < -0.39 is 0 Å². The Morgan fingerprint density at radius 1 is 1.17 bits per heavy atom. The molecule has 2 rings (SSSR count). The highest BCUT2D eigenvalue weighted by atomic mass is 79.9. The van der Waals surface area contributed by atoms with Crippen LogP contribution in [0.5, 0.6) is 0 Å². The van der Waals surface area contributed by atoms with E-state index in [2.05, 4.69) is 15.9 Å². The van der Waals surface area contributed by atoms with Gasteiger partial charge in [-0.15, -0.1) is 0 Å². The minimum absolute atomic E-state index is 0.00317. The maximum absolute atomic E-state index is 11.3. The summed E-state index contributed by atoms with van der Waals surface area (Å²) in [5.41, 5.74) is 9.01. The van der Waals surface area contributed by atoms with Crippen molar-refractivity contribution in [3.63, 3.8) is 0 Å². The minimum Gasteiger partial charge on any atom is -0.398 e. The Hall–Kier alpha value is -1.32. The molecular weight excluding hydrogens is 314 g/mol. The Bertz CT molecular complexity index is 625. The molecule has 0 amide bonds. The third-order valence-electron chi connectivity index (χ3n) is 2.68. The van der Waals surface area contributed by atoms with Crippen molar-refractivity contribution >= 4 is 39.0 Å². The van der Waals surface area contributed by atoms with Crippen LogP contribution in [0.25, 0.3) is 11.1 Å². The number of ketones is 1. The number of carbonyl (C=O) groups is 1. The standard InChI is InChI=1S/C14H11BrClNO/c1-8(18)9-2-4-12(14(17)6-9)11-5-3-10(16)7-13(11)15/h2-7H,17H2,1H3. The molecule has 0 aliphatic rings. The van der Waals surface area contributed by atoms with E-state index in [1.165, 1.54) is 6.92 Å². The molecule has 18 heavy (non-hydrogen) atoms. The predicted molar refractivity (Wildman–Crippen MR) is 79.0 cm³/mol. The van der Waals surface area contributed by atoms with Crippen LogP contribution in [0, 0.1) is 0 Å². The zero-order valence-electron chi connectivity index (χ0n) is 9.71.